The molecule has 0 saturated heterocycles. The molecule has 0 aliphatic heterocycles. The summed E-state index contributed by atoms with van der Waals surface area (Å²) in [7, 11) is 0. The van der Waals surface area contributed by atoms with Crippen molar-refractivity contribution in [1.29, 1.82) is 0 Å². The fourth-order valence-corrected chi connectivity index (χ4v) is 14.4. The van der Waals surface area contributed by atoms with Crippen LogP contribution < -0.4 is 5.32 Å². The van der Waals surface area contributed by atoms with Gasteiger partial charge in [-0.3, -0.25) is 14.4 Å². The van der Waals surface area contributed by atoms with Crippen LogP contribution in [0, 0.1) is 62.1 Å². The van der Waals surface area contributed by atoms with Gasteiger partial charge in [0.05, 0.1) is 23.3 Å². The van der Waals surface area contributed by atoms with Crippen LogP contribution in [-0.4, -0.2) is 29.1 Å². The number of carbonyl (C=O) groups excluding carboxylic acids is 2. The van der Waals surface area contributed by atoms with Crippen molar-refractivity contribution in [3.05, 3.63) is 47.5 Å². The number of ether oxygens (including phenoxy) is 1. The molecule has 5 fully saturated rings. The van der Waals surface area contributed by atoms with E-state index in [0.29, 0.717) is 35.5 Å². The number of hydrogen-bond donors (Lipinski definition) is 2. The molecule has 6 aliphatic carbocycles. The summed E-state index contributed by atoms with van der Waals surface area (Å²) in [5.74, 6) is 1.12. The monoisotopic (exact) mass is 699 g/mol. The van der Waals surface area contributed by atoms with Crippen molar-refractivity contribution in [2.24, 2.45) is 62.1 Å². The fraction of sp³-hybridized carbons (Fsp3) is 0.756. The SMILES string of the molecule is C=C(C)[C@@H]1CC[C@]2(C(=O)NC3CCc4ccccc43)CC[C@]3(C)[C@H](CC[C@@H]4[C@@]5(C)CC[C@H](OC(=O)CC(C)(C)C(=O)O)C(C)(C)[C@@H]5CC[C@]43C)[C@@H]12. The third kappa shape index (κ3) is 5.32. The highest BCUT2D eigenvalue weighted by molar-refractivity contribution is 5.84. The van der Waals surface area contributed by atoms with Gasteiger partial charge in [-0.1, -0.05) is 71.0 Å². The van der Waals surface area contributed by atoms with E-state index in [4.69, 9.17) is 4.74 Å². The Bertz CT molecular complexity index is 1610. The minimum absolute atomic E-state index is 0.114. The molecule has 5 saturated carbocycles. The van der Waals surface area contributed by atoms with Crippen LogP contribution in [0.4, 0.5) is 0 Å². The first-order chi connectivity index (χ1) is 23.8. The maximum atomic E-state index is 14.8. The molecule has 6 aliphatic rings. The normalized spacial score (nSPS) is 42.3. The van der Waals surface area contributed by atoms with Gasteiger partial charge >= 0.3 is 11.9 Å². The number of hydrogen-bond acceptors (Lipinski definition) is 4. The molecule has 280 valence electrons. The molecule has 2 N–H and O–H groups in total. The van der Waals surface area contributed by atoms with Gasteiger partial charge in [-0.25, -0.2) is 0 Å². The lowest BCUT2D eigenvalue weighted by Crippen LogP contribution is -2.67. The van der Waals surface area contributed by atoms with Crippen LogP contribution >= 0.6 is 0 Å². The van der Waals surface area contributed by atoms with Gasteiger partial charge < -0.3 is 15.2 Å². The largest absolute Gasteiger partial charge is 0.481 e. The Labute approximate surface area is 307 Å². The summed E-state index contributed by atoms with van der Waals surface area (Å²) in [6.07, 6.45) is 12.3. The number of carboxylic acids is 1. The molecule has 0 spiro atoms. The smallest absolute Gasteiger partial charge is 0.309 e. The second-order valence-electron chi connectivity index (χ2n) is 20.3. The van der Waals surface area contributed by atoms with Crippen molar-refractivity contribution < 1.29 is 24.2 Å². The van der Waals surface area contributed by atoms with Gasteiger partial charge in [0.15, 0.2) is 0 Å². The summed E-state index contributed by atoms with van der Waals surface area (Å²) < 4.78 is 6.19. The average Bonchev–Trinajstić information content (AvgIpc) is 3.65. The topological polar surface area (TPSA) is 92.7 Å². The lowest BCUT2D eigenvalue weighted by atomic mass is 9.32. The lowest BCUT2D eigenvalue weighted by molar-refractivity contribution is -0.249. The Morgan fingerprint density at radius 2 is 1.61 bits per heavy atom. The number of nitrogens with one attached hydrogen (secondary N) is 1. The summed E-state index contributed by atoms with van der Waals surface area (Å²) in [6, 6.07) is 8.78. The zero-order chi connectivity index (χ0) is 36.9. The molecule has 1 aromatic carbocycles. The zero-order valence-electron chi connectivity index (χ0n) is 32.8. The van der Waals surface area contributed by atoms with Gasteiger partial charge in [-0.15, -0.1) is 0 Å². The van der Waals surface area contributed by atoms with Crippen molar-refractivity contribution in [3.8, 4) is 0 Å². The molecule has 7 rings (SSSR count). The lowest BCUT2D eigenvalue weighted by Gasteiger charge is -2.72. The van der Waals surface area contributed by atoms with E-state index >= 15 is 0 Å². The number of fused-ring (bicyclic) bond motifs is 8. The van der Waals surface area contributed by atoms with Crippen LogP contribution in [0.3, 0.4) is 0 Å². The van der Waals surface area contributed by atoms with Crippen molar-refractivity contribution in [3.63, 3.8) is 0 Å². The second kappa shape index (κ2) is 12.2. The van der Waals surface area contributed by atoms with Gasteiger partial charge in [0.1, 0.15) is 6.10 Å². The Balaban J connectivity index is 1.14. The average molecular weight is 700 g/mol. The van der Waals surface area contributed by atoms with E-state index in [2.05, 4.69) is 77.7 Å². The minimum atomic E-state index is -1.15. The fourth-order valence-electron chi connectivity index (χ4n) is 14.4. The summed E-state index contributed by atoms with van der Waals surface area (Å²) in [5, 5.41) is 13.3. The highest BCUT2D eigenvalue weighted by Crippen LogP contribution is 2.77. The Morgan fingerprint density at radius 3 is 2.31 bits per heavy atom. The molecular weight excluding hydrogens is 634 g/mol. The van der Waals surface area contributed by atoms with Gasteiger partial charge in [0, 0.05) is 5.41 Å². The third-order valence-corrected chi connectivity index (χ3v) is 17.3. The number of benzene rings is 1. The molecule has 1 amide bonds. The van der Waals surface area contributed by atoms with Gasteiger partial charge in [-0.2, -0.15) is 0 Å². The molecule has 6 heteroatoms. The van der Waals surface area contributed by atoms with E-state index in [1.165, 1.54) is 23.1 Å². The number of rotatable bonds is 7. The summed E-state index contributed by atoms with van der Waals surface area (Å²) in [5.41, 5.74) is 2.68. The van der Waals surface area contributed by atoms with Crippen molar-refractivity contribution in [2.45, 2.75) is 151 Å². The molecule has 0 radical (unpaired) electrons. The maximum absolute atomic E-state index is 14.8. The maximum Gasteiger partial charge on any atom is 0.309 e. The molecule has 51 heavy (non-hydrogen) atoms. The van der Waals surface area contributed by atoms with E-state index in [0.717, 1.165) is 70.6 Å². The van der Waals surface area contributed by atoms with Gasteiger partial charge in [-0.05, 0) is 155 Å². The molecule has 0 bridgehead atoms. The van der Waals surface area contributed by atoms with E-state index in [1.807, 2.05) is 0 Å². The van der Waals surface area contributed by atoms with Crippen LogP contribution in [0.5, 0.6) is 0 Å². The highest BCUT2D eigenvalue weighted by atomic mass is 16.5. The predicted octanol–water partition coefficient (Wildman–Crippen LogP) is 9.86. The van der Waals surface area contributed by atoms with E-state index in [9.17, 15) is 19.5 Å². The molecule has 6 nitrogen and oxygen atoms in total. The van der Waals surface area contributed by atoms with Crippen LogP contribution in [0.1, 0.15) is 150 Å². The predicted molar refractivity (Wildman–Crippen MR) is 201 cm³/mol. The van der Waals surface area contributed by atoms with E-state index in [1.54, 1.807) is 13.8 Å². The Kier molecular flexibility index (Phi) is 8.78. The Hall–Kier alpha value is -2.63. The second-order valence-corrected chi connectivity index (χ2v) is 20.3. The molecule has 1 aromatic rings. The number of aliphatic carboxylic acids is 1. The number of aryl methyl sites for hydroxylation is 1. The zero-order valence-corrected chi connectivity index (χ0v) is 32.8. The molecular formula is C45H65NO5. The number of esters is 1. The first-order valence-electron chi connectivity index (χ1n) is 20.3. The number of carbonyl (C=O) groups is 3. The van der Waals surface area contributed by atoms with Crippen LogP contribution in [0.2, 0.25) is 0 Å². The van der Waals surface area contributed by atoms with Gasteiger partial charge in [0.2, 0.25) is 5.91 Å². The van der Waals surface area contributed by atoms with Crippen molar-refractivity contribution in [2.75, 3.05) is 0 Å². The van der Waals surface area contributed by atoms with Crippen molar-refractivity contribution in [1.82, 2.24) is 5.32 Å². The van der Waals surface area contributed by atoms with Crippen LogP contribution in [0.15, 0.2) is 36.4 Å². The molecule has 0 heterocycles. The van der Waals surface area contributed by atoms with Crippen LogP contribution in [-0.2, 0) is 25.5 Å². The molecule has 11 atom stereocenters. The van der Waals surface area contributed by atoms with E-state index in [-0.39, 0.29) is 45.6 Å². The standard InChI is InChI=1S/C45H65NO5/c1-27(2)29-18-23-45(38(48)46-32-16-14-28-12-10-11-13-30(28)32)25-24-43(8)31(37(29)45)15-17-34-42(7)21-20-35(51-36(47)26-40(3,4)39(49)50)41(5,6)33(42)19-22-44(34,43)9/h10-13,29,31-35,37H,1,14-26H2,2-9H3,(H,46,48)(H,49,50)/t29-,31+,32?,33-,34+,35-,37+,42-,43+,44+,45-/m0/s1. The summed E-state index contributed by atoms with van der Waals surface area (Å²) in [4.78, 5) is 39.6. The number of carboxylic acid groups (broad SMARTS) is 1. The summed E-state index contributed by atoms with van der Waals surface area (Å²) >= 11 is 0. The summed E-state index contributed by atoms with van der Waals surface area (Å²) in [6.45, 7) is 22.4. The molecule has 0 aromatic heterocycles. The Morgan fingerprint density at radius 1 is 0.882 bits per heavy atom. The quantitative estimate of drug-likeness (QED) is 0.218. The van der Waals surface area contributed by atoms with Crippen LogP contribution in [0.25, 0.3) is 0 Å². The number of amides is 1. The third-order valence-electron chi connectivity index (χ3n) is 17.3. The van der Waals surface area contributed by atoms with Gasteiger partial charge in [0.25, 0.3) is 0 Å². The first kappa shape index (κ1) is 36.7. The van der Waals surface area contributed by atoms with Crippen molar-refractivity contribution >= 4 is 17.8 Å². The highest BCUT2D eigenvalue weighted by Gasteiger charge is 2.72. The minimum Gasteiger partial charge on any atom is -0.481 e. The van der Waals surface area contributed by atoms with E-state index < -0.39 is 17.4 Å². The molecule has 1 unspecified atom stereocenters. The number of allylic oxidation sites excluding steroid dienone is 1. The first-order valence-corrected chi connectivity index (χ1v) is 20.3.